The van der Waals surface area contributed by atoms with E-state index in [1.165, 1.54) is 5.57 Å². The van der Waals surface area contributed by atoms with E-state index in [0.29, 0.717) is 0 Å². The third kappa shape index (κ3) is 12600. The van der Waals surface area contributed by atoms with Gasteiger partial charge in [-0.25, -0.2) is 0 Å². The van der Waals surface area contributed by atoms with Crippen LogP contribution < -0.4 is 0 Å². The number of allylic oxidation sites excluding steroid dienone is 1. The zero-order chi connectivity index (χ0) is 6.28. The van der Waals surface area contributed by atoms with Gasteiger partial charge < -0.3 is 0 Å². The first-order valence-corrected chi connectivity index (χ1v) is 3.80. The summed E-state index contributed by atoms with van der Waals surface area (Å²) in [6.45, 7) is 7.50. The topological polar surface area (TPSA) is 0 Å². The van der Waals surface area contributed by atoms with Crippen molar-refractivity contribution in [2.45, 2.75) is 13.8 Å². The van der Waals surface area contributed by atoms with Gasteiger partial charge in [0.25, 0.3) is 0 Å². The Morgan fingerprint density at radius 2 is 1.29 bits per heavy atom. The number of thioether (sulfide) groups is 1. The highest BCUT2D eigenvalue weighted by atomic mass is 32.2. The minimum Gasteiger partial charge on any atom is -0.169 e. The van der Waals surface area contributed by atoms with Crippen LogP contribution in [0.3, 0.4) is 0 Å². The molecule has 0 amide bonds. The standard InChI is InChI=1S/C4H8.C2H6S/c1-4(2)3;1-3-2/h1H2,2-3H3;1-2H3. The lowest BCUT2D eigenvalue weighted by Crippen LogP contribution is -1.43. The molecule has 0 nitrogen and oxygen atoms in total. The van der Waals surface area contributed by atoms with Crippen LogP contribution in [0.15, 0.2) is 12.2 Å². The lowest BCUT2D eigenvalue weighted by atomic mass is 10.4. The van der Waals surface area contributed by atoms with Gasteiger partial charge in [0.15, 0.2) is 0 Å². The molecule has 1 heteroatoms. The van der Waals surface area contributed by atoms with Crippen molar-refractivity contribution in [3.8, 4) is 0 Å². The van der Waals surface area contributed by atoms with Crippen molar-refractivity contribution in [2.24, 2.45) is 0 Å². The van der Waals surface area contributed by atoms with Crippen LogP contribution in [-0.2, 0) is 0 Å². The number of hydrogen-bond acceptors (Lipinski definition) is 1. The van der Waals surface area contributed by atoms with Gasteiger partial charge in [-0.2, -0.15) is 11.8 Å². The molecule has 0 aliphatic carbocycles. The average molecular weight is 118 g/mol. The van der Waals surface area contributed by atoms with Crippen LogP contribution in [0.1, 0.15) is 13.8 Å². The van der Waals surface area contributed by atoms with E-state index < -0.39 is 0 Å². The zero-order valence-corrected chi connectivity index (χ0v) is 6.43. The van der Waals surface area contributed by atoms with E-state index in [4.69, 9.17) is 0 Å². The Balaban J connectivity index is 0. The van der Waals surface area contributed by atoms with Gasteiger partial charge in [-0.05, 0) is 26.4 Å². The van der Waals surface area contributed by atoms with Crippen molar-refractivity contribution in [3.63, 3.8) is 0 Å². The summed E-state index contributed by atoms with van der Waals surface area (Å²) >= 11 is 1.75. The molecule has 0 saturated heterocycles. The first kappa shape index (κ1) is 10.1. The summed E-state index contributed by atoms with van der Waals surface area (Å²) in [5, 5.41) is 0. The van der Waals surface area contributed by atoms with E-state index in [0.717, 1.165) is 0 Å². The summed E-state index contributed by atoms with van der Waals surface area (Å²) in [7, 11) is 0. The molecule has 0 rings (SSSR count). The Bertz CT molecular complexity index is 35.4. The normalized spacial score (nSPS) is 6.29. The van der Waals surface area contributed by atoms with Crippen LogP contribution in [0.2, 0.25) is 0 Å². The molecular formula is C6H14S. The second-order valence-electron chi connectivity index (χ2n) is 1.62. The second kappa shape index (κ2) is 9.43. The molecule has 0 atom stereocenters. The minimum atomic E-state index is 1.17. The van der Waals surface area contributed by atoms with Crippen LogP contribution in [0.25, 0.3) is 0 Å². The molecule has 0 saturated carbocycles. The van der Waals surface area contributed by atoms with Crippen molar-refractivity contribution < 1.29 is 0 Å². The Morgan fingerprint density at radius 3 is 1.29 bits per heavy atom. The quantitative estimate of drug-likeness (QED) is 0.440. The smallest absolute Gasteiger partial charge is 0.0187 e. The van der Waals surface area contributed by atoms with E-state index in [-0.39, 0.29) is 0 Å². The van der Waals surface area contributed by atoms with E-state index in [1.807, 2.05) is 26.4 Å². The largest absolute Gasteiger partial charge is 0.169 e. The maximum Gasteiger partial charge on any atom is -0.0187 e. The minimum absolute atomic E-state index is 1.17. The summed E-state index contributed by atoms with van der Waals surface area (Å²) in [5.41, 5.74) is 1.17. The molecule has 0 unspecified atom stereocenters. The Morgan fingerprint density at radius 1 is 1.29 bits per heavy atom. The molecule has 0 bridgehead atoms. The van der Waals surface area contributed by atoms with Crippen molar-refractivity contribution in [1.29, 1.82) is 0 Å². The lowest BCUT2D eigenvalue weighted by molar-refractivity contribution is 1.42. The molecular weight excluding hydrogens is 104 g/mol. The fourth-order valence-corrected chi connectivity index (χ4v) is 0. The molecule has 0 aromatic heterocycles. The molecule has 0 N–H and O–H groups in total. The third-order valence-corrected chi connectivity index (χ3v) is 0. The molecule has 0 aliphatic heterocycles. The highest BCUT2D eigenvalue weighted by Crippen LogP contribution is 1.73. The molecule has 44 valence electrons. The van der Waals surface area contributed by atoms with E-state index in [1.54, 1.807) is 11.8 Å². The Hall–Kier alpha value is 0.0900. The van der Waals surface area contributed by atoms with Crippen LogP contribution >= 0.6 is 11.8 Å². The molecule has 0 aliphatic rings. The van der Waals surface area contributed by atoms with Gasteiger partial charge >= 0.3 is 0 Å². The monoisotopic (exact) mass is 118 g/mol. The van der Waals surface area contributed by atoms with Crippen LogP contribution in [0.4, 0.5) is 0 Å². The van der Waals surface area contributed by atoms with Gasteiger partial charge in [0.2, 0.25) is 0 Å². The predicted octanol–water partition coefficient (Wildman–Crippen LogP) is 2.56. The lowest BCUT2D eigenvalue weighted by Gasteiger charge is -1.65. The van der Waals surface area contributed by atoms with Crippen molar-refractivity contribution in [2.75, 3.05) is 12.5 Å². The molecule has 0 radical (unpaired) electrons. The Labute approximate surface area is 51.0 Å². The average Bonchev–Trinajstić information content (AvgIpc) is 1.33. The highest BCUT2D eigenvalue weighted by molar-refractivity contribution is 7.97. The van der Waals surface area contributed by atoms with Crippen LogP contribution in [0.5, 0.6) is 0 Å². The molecule has 7 heavy (non-hydrogen) atoms. The molecule has 0 heterocycles. The molecule has 0 aromatic rings. The summed E-state index contributed by atoms with van der Waals surface area (Å²) in [4.78, 5) is 0. The van der Waals surface area contributed by atoms with Crippen LogP contribution in [0, 0.1) is 0 Å². The Kier molecular flexibility index (Phi) is 13.7. The fourth-order valence-electron chi connectivity index (χ4n) is 0. The summed E-state index contributed by atoms with van der Waals surface area (Å²) in [6.07, 6.45) is 4.08. The summed E-state index contributed by atoms with van der Waals surface area (Å²) in [6, 6.07) is 0. The summed E-state index contributed by atoms with van der Waals surface area (Å²) in [5.74, 6) is 0. The maximum absolute atomic E-state index is 3.56. The van der Waals surface area contributed by atoms with E-state index >= 15 is 0 Å². The number of hydrogen-bond donors (Lipinski definition) is 0. The number of rotatable bonds is 0. The second-order valence-corrected chi connectivity index (χ2v) is 2.43. The van der Waals surface area contributed by atoms with Gasteiger partial charge in [0, 0.05) is 0 Å². The first-order chi connectivity index (χ1) is 3.15. The maximum atomic E-state index is 3.56. The zero-order valence-electron chi connectivity index (χ0n) is 5.62. The van der Waals surface area contributed by atoms with Crippen molar-refractivity contribution in [3.05, 3.63) is 12.2 Å². The van der Waals surface area contributed by atoms with Crippen molar-refractivity contribution in [1.82, 2.24) is 0 Å². The van der Waals surface area contributed by atoms with Crippen molar-refractivity contribution >= 4 is 11.8 Å². The first-order valence-electron chi connectivity index (χ1n) is 2.17. The summed E-state index contributed by atoms with van der Waals surface area (Å²) < 4.78 is 0. The molecule has 0 spiro atoms. The third-order valence-electron chi connectivity index (χ3n) is 0. The highest BCUT2D eigenvalue weighted by Gasteiger charge is 1.51. The van der Waals surface area contributed by atoms with Gasteiger partial charge in [0.1, 0.15) is 0 Å². The fraction of sp³-hybridized carbons (Fsp3) is 0.667. The SMILES string of the molecule is C=C(C)C.CSC. The molecule has 0 fully saturated rings. The van der Waals surface area contributed by atoms with Gasteiger partial charge in [-0.3, -0.25) is 0 Å². The van der Waals surface area contributed by atoms with E-state index in [9.17, 15) is 0 Å². The van der Waals surface area contributed by atoms with E-state index in [2.05, 4.69) is 6.58 Å². The van der Waals surface area contributed by atoms with Gasteiger partial charge in [-0.1, -0.05) is 5.57 Å². The van der Waals surface area contributed by atoms with Gasteiger partial charge in [0.05, 0.1) is 0 Å². The van der Waals surface area contributed by atoms with Gasteiger partial charge in [-0.15, -0.1) is 6.58 Å². The predicted molar refractivity (Wildman–Crippen MR) is 39.9 cm³/mol. The molecule has 0 aromatic carbocycles. The van der Waals surface area contributed by atoms with Crippen LogP contribution in [-0.4, -0.2) is 12.5 Å².